The number of anilines is 2. The number of pyridine rings is 1. The quantitative estimate of drug-likeness (QED) is 0.176. The molecule has 0 aliphatic heterocycles. The van der Waals surface area contributed by atoms with Crippen molar-refractivity contribution in [1.29, 1.82) is 0 Å². The van der Waals surface area contributed by atoms with Crippen LogP contribution in [0.4, 0.5) is 46.8 Å². The predicted octanol–water partition coefficient (Wildman–Crippen LogP) is 5.89. The number of amides is 2. The first-order chi connectivity index (χ1) is 23.0. The Morgan fingerprint density at radius 1 is 1.00 bits per heavy atom. The Hall–Kier alpha value is -4.97. The molecule has 0 bridgehead atoms. The number of nitrogens with one attached hydrogen (secondary N) is 3. The maximum absolute atomic E-state index is 14.0. The van der Waals surface area contributed by atoms with Gasteiger partial charge in [0.25, 0.3) is 18.2 Å². The van der Waals surface area contributed by atoms with Gasteiger partial charge in [-0.25, -0.2) is 18.7 Å². The molecule has 0 radical (unpaired) electrons. The van der Waals surface area contributed by atoms with Crippen LogP contribution in [-0.2, 0) is 26.8 Å². The monoisotopic (exact) mass is 702 g/mol. The number of fused-ring (bicyclic) bond motifs is 1. The predicted molar refractivity (Wildman–Crippen MR) is 158 cm³/mol. The van der Waals surface area contributed by atoms with Gasteiger partial charge >= 0.3 is 12.4 Å². The first-order valence-electron chi connectivity index (χ1n) is 14.9. The number of benzene rings is 1. The van der Waals surface area contributed by atoms with E-state index < -0.39 is 66.3 Å². The minimum absolute atomic E-state index is 0.0210. The molecule has 49 heavy (non-hydrogen) atoms. The minimum atomic E-state index is -4.80. The van der Waals surface area contributed by atoms with E-state index in [1.807, 2.05) is 0 Å². The second-order valence-corrected chi connectivity index (χ2v) is 11.5. The normalized spacial score (nSPS) is 17.0. The van der Waals surface area contributed by atoms with Gasteiger partial charge in [-0.1, -0.05) is 6.07 Å². The zero-order valence-electron chi connectivity index (χ0n) is 25.9. The summed E-state index contributed by atoms with van der Waals surface area (Å²) >= 11 is 0. The summed E-state index contributed by atoms with van der Waals surface area (Å²) in [6, 6.07) is 3.70. The Labute approximate surface area is 273 Å². The number of alkyl halides is 8. The number of carbonyl (C=O) groups is 2. The van der Waals surface area contributed by atoms with Gasteiger partial charge in [0.1, 0.15) is 11.1 Å². The van der Waals surface area contributed by atoms with Crippen molar-refractivity contribution in [3.63, 3.8) is 0 Å². The standard InChI is InChI=1S/C30H30F8N8O3/c1-45-10-9-39-24(45)26(48)40-13-15-3-8-19(30(36,37)38)20(11-15)42-28-43-21-12-18(27(49-14-22(31)32)44-23(21)46(28)2)25(47)41-17-6-4-16(5-7-17)29(33,34)35/h3,8-12,16-17,22H,4-7,13-14H2,1-2H3,(H,40,48)(H,41,47)(H,42,43)/t16-,17+. The molecule has 1 fully saturated rings. The van der Waals surface area contributed by atoms with Gasteiger partial charge in [-0.3, -0.25) is 14.2 Å². The smallest absolute Gasteiger partial charge is 0.418 e. The Kier molecular flexibility index (Phi) is 10.0. The third kappa shape index (κ3) is 8.19. The van der Waals surface area contributed by atoms with E-state index >= 15 is 0 Å². The molecule has 1 aliphatic carbocycles. The summed E-state index contributed by atoms with van der Waals surface area (Å²) in [6.45, 7) is -1.29. The number of aryl methyl sites for hydroxylation is 2. The Morgan fingerprint density at radius 2 is 1.71 bits per heavy atom. The largest absolute Gasteiger partial charge is 0.471 e. The van der Waals surface area contributed by atoms with E-state index in [1.165, 1.54) is 28.4 Å². The number of hydrogen-bond donors (Lipinski definition) is 3. The molecule has 2 amide bonds. The van der Waals surface area contributed by atoms with Crippen molar-refractivity contribution in [2.75, 3.05) is 11.9 Å². The van der Waals surface area contributed by atoms with Crippen LogP contribution < -0.4 is 20.7 Å². The lowest BCUT2D eigenvalue weighted by Crippen LogP contribution is -2.40. The van der Waals surface area contributed by atoms with Crippen molar-refractivity contribution in [2.45, 2.75) is 57.0 Å². The van der Waals surface area contributed by atoms with Crippen LogP contribution >= 0.6 is 0 Å². The summed E-state index contributed by atoms with van der Waals surface area (Å²) in [5.74, 6) is -3.51. The summed E-state index contributed by atoms with van der Waals surface area (Å²) in [5.41, 5.74) is -1.60. The van der Waals surface area contributed by atoms with Gasteiger partial charge < -0.3 is 25.3 Å². The molecule has 1 saturated carbocycles. The molecule has 1 aliphatic rings. The topological polar surface area (TPSA) is 128 Å². The maximum Gasteiger partial charge on any atom is 0.418 e. The van der Waals surface area contributed by atoms with Crippen LogP contribution in [0.1, 0.15) is 57.8 Å². The number of ether oxygens (including phenoxy) is 1. The van der Waals surface area contributed by atoms with Crippen molar-refractivity contribution < 1.29 is 49.4 Å². The van der Waals surface area contributed by atoms with Gasteiger partial charge in [0.05, 0.1) is 17.2 Å². The molecule has 0 spiro atoms. The van der Waals surface area contributed by atoms with E-state index in [1.54, 1.807) is 13.2 Å². The lowest BCUT2D eigenvalue weighted by molar-refractivity contribution is -0.182. The Balaban J connectivity index is 1.42. The first-order valence-corrected chi connectivity index (χ1v) is 14.9. The number of nitrogens with zero attached hydrogens (tertiary/aromatic N) is 5. The molecule has 0 atom stereocenters. The van der Waals surface area contributed by atoms with Crippen LogP contribution in [-0.4, -0.2) is 61.2 Å². The molecule has 3 aromatic heterocycles. The zero-order chi connectivity index (χ0) is 35.7. The van der Waals surface area contributed by atoms with E-state index in [2.05, 4.69) is 30.9 Å². The Bertz CT molecular complexity index is 1830. The van der Waals surface area contributed by atoms with Crippen molar-refractivity contribution in [2.24, 2.45) is 20.0 Å². The molecule has 5 rings (SSSR count). The summed E-state index contributed by atoms with van der Waals surface area (Å²) in [7, 11) is 2.98. The fourth-order valence-corrected chi connectivity index (χ4v) is 5.47. The van der Waals surface area contributed by atoms with Crippen molar-refractivity contribution in [1.82, 2.24) is 34.7 Å². The van der Waals surface area contributed by atoms with Crippen LogP contribution in [0.5, 0.6) is 5.88 Å². The average molecular weight is 703 g/mol. The second kappa shape index (κ2) is 13.9. The van der Waals surface area contributed by atoms with Crippen LogP contribution in [0.3, 0.4) is 0 Å². The van der Waals surface area contributed by atoms with Crippen LogP contribution in [0.15, 0.2) is 36.7 Å². The summed E-state index contributed by atoms with van der Waals surface area (Å²) in [4.78, 5) is 38.0. The van der Waals surface area contributed by atoms with E-state index in [-0.39, 0.29) is 60.7 Å². The van der Waals surface area contributed by atoms with E-state index in [9.17, 15) is 44.7 Å². The van der Waals surface area contributed by atoms with Gasteiger partial charge in [-0.05, 0) is 49.4 Å². The lowest BCUT2D eigenvalue weighted by Gasteiger charge is -2.30. The number of halogens is 8. The van der Waals surface area contributed by atoms with Crippen molar-refractivity contribution >= 4 is 34.6 Å². The molecular formula is C30H30F8N8O3. The van der Waals surface area contributed by atoms with Crippen molar-refractivity contribution in [3.05, 3.63) is 59.2 Å². The second-order valence-electron chi connectivity index (χ2n) is 11.5. The fourth-order valence-electron chi connectivity index (χ4n) is 5.47. The van der Waals surface area contributed by atoms with Crippen molar-refractivity contribution in [3.8, 4) is 5.88 Å². The zero-order valence-corrected chi connectivity index (χ0v) is 25.9. The van der Waals surface area contributed by atoms with Gasteiger partial charge in [0.2, 0.25) is 11.8 Å². The van der Waals surface area contributed by atoms with Gasteiger partial charge in [0.15, 0.2) is 18.1 Å². The molecule has 1 aromatic carbocycles. The van der Waals surface area contributed by atoms with Crippen LogP contribution in [0, 0.1) is 5.92 Å². The van der Waals surface area contributed by atoms with Gasteiger partial charge in [0, 0.05) is 39.1 Å². The molecule has 3 heterocycles. The number of imidazole rings is 2. The van der Waals surface area contributed by atoms with E-state index in [0.29, 0.717) is 5.56 Å². The number of rotatable bonds is 10. The molecule has 19 heteroatoms. The van der Waals surface area contributed by atoms with Crippen LogP contribution in [0.2, 0.25) is 0 Å². The van der Waals surface area contributed by atoms with Gasteiger partial charge in [-0.2, -0.15) is 31.3 Å². The molecule has 0 unspecified atom stereocenters. The highest BCUT2D eigenvalue weighted by molar-refractivity contribution is 5.99. The lowest BCUT2D eigenvalue weighted by atomic mass is 9.85. The summed E-state index contributed by atoms with van der Waals surface area (Å²) in [6.07, 6.45) is -9.48. The number of carbonyl (C=O) groups excluding carboxylic acids is 2. The highest BCUT2D eigenvalue weighted by atomic mass is 19.4. The number of hydrogen-bond acceptors (Lipinski definition) is 7. The molecule has 264 valence electrons. The maximum atomic E-state index is 14.0. The highest BCUT2D eigenvalue weighted by Crippen LogP contribution is 2.39. The minimum Gasteiger partial charge on any atom is -0.471 e. The molecule has 3 N–H and O–H groups in total. The first kappa shape index (κ1) is 35.3. The van der Waals surface area contributed by atoms with E-state index in [0.717, 1.165) is 18.2 Å². The van der Waals surface area contributed by atoms with E-state index in [4.69, 9.17) is 4.74 Å². The molecular weight excluding hydrogens is 672 g/mol. The third-order valence-electron chi connectivity index (χ3n) is 8.04. The molecule has 11 nitrogen and oxygen atoms in total. The third-order valence-corrected chi connectivity index (χ3v) is 8.04. The molecule has 0 saturated heterocycles. The number of aromatic nitrogens is 5. The molecule has 4 aromatic rings. The summed E-state index contributed by atoms with van der Waals surface area (Å²) < 4.78 is 115. The average Bonchev–Trinajstić information content (AvgIpc) is 3.59. The highest BCUT2D eigenvalue weighted by Gasteiger charge is 2.41. The van der Waals surface area contributed by atoms with Gasteiger partial charge in [-0.15, -0.1) is 0 Å². The van der Waals surface area contributed by atoms with Crippen LogP contribution in [0.25, 0.3) is 11.2 Å². The SMILES string of the molecule is Cn1ccnc1C(=O)NCc1ccc(C(F)(F)F)c(Nc2nc3cc(C(=O)N[C@H]4CC[C@@H](C(F)(F)F)CC4)c(OCC(F)F)nc3n2C)c1. The Morgan fingerprint density at radius 3 is 2.33 bits per heavy atom. The fraction of sp³-hybridized carbons (Fsp3) is 0.433. The summed E-state index contributed by atoms with van der Waals surface area (Å²) in [5, 5.41) is 7.80.